The molecule has 2 heterocycles. The number of nitrogens with one attached hydrogen (secondary N) is 3. The number of hydrogen-bond acceptors (Lipinski definition) is 6. The van der Waals surface area contributed by atoms with E-state index in [0.717, 1.165) is 16.0 Å². The minimum atomic E-state index is -3.03. The molecule has 4 rings (SSSR count). The third kappa shape index (κ3) is 4.56. The number of H-pyrrole nitrogens is 1. The molecule has 0 aliphatic rings. The topological polar surface area (TPSA) is 94.5 Å². The van der Waals surface area contributed by atoms with Crippen LogP contribution in [-0.4, -0.2) is 25.4 Å². The number of aromatic amines is 1. The Morgan fingerprint density at radius 1 is 1.16 bits per heavy atom. The molecule has 2 aromatic carbocycles. The lowest BCUT2D eigenvalue weighted by Gasteiger charge is -2.17. The lowest BCUT2D eigenvalue weighted by atomic mass is 10.0. The zero-order valence-corrected chi connectivity index (χ0v) is 19.2. The normalized spacial score (nSPS) is 14.2. The van der Waals surface area contributed by atoms with Crippen LogP contribution < -0.4 is 5.32 Å². The molecule has 0 aliphatic carbocycles. The molecule has 10 heteroatoms. The largest absolute Gasteiger partial charge is 0.348 e. The van der Waals surface area contributed by atoms with E-state index in [2.05, 4.69) is 20.3 Å². The number of anilines is 1. The van der Waals surface area contributed by atoms with Crippen LogP contribution in [0, 0.1) is 30.3 Å². The molecule has 6 nitrogen and oxygen atoms in total. The highest BCUT2D eigenvalue weighted by molar-refractivity contribution is 7.91. The molecule has 2 unspecified atom stereocenters. The van der Waals surface area contributed by atoms with Crippen molar-refractivity contribution in [2.24, 2.45) is 0 Å². The first kappa shape index (κ1) is 22.1. The maximum Gasteiger partial charge on any atom is 0.184 e. The van der Waals surface area contributed by atoms with Crippen LogP contribution in [0.5, 0.6) is 0 Å². The van der Waals surface area contributed by atoms with Crippen molar-refractivity contribution in [2.45, 2.75) is 24.9 Å². The first-order chi connectivity index (χ1) is 15.1. The van der Waals surface area contributed by atoms with Crippen LogP contribution in [0.15, 0.2) is 53.7 Å². The van der Waals surface area contributed by atoms with Gasteiger partial charge in [0.2, 0.25) is 0 Å². The van der Waals surface area contributed by atoms with Crippen molar-refractivity contribution in [3.05, 3.63) is 82.9 Å². The maximum absolute atomic E-state index is 13.9. The van der Waals surface area contributed by atoms with E-state index in [4.69, 9.17) is 4.78 Å². The van der Waals surface area contributed by atoms with Gasteiger partial charge in [-0.05, 0) is 48.7 Å². The van der Waals surface area contributed by atoms with Gasteiger partial charge in [-0.15, -0.1) is 0 Å². The van der Waals surface area contributed by atoms with Crippen LogP contribution in [0.1, 0.15) is 28.7 Å². The number of aryl methyl sites for hydroxylation is 2. The van der Waals surface area contributed by atoms with E-state index in [-0.39, 0.29) is 16.7 Å². The third-order valence-corrected chi connectivity index (χ3v) is 7.03. The Morgan fingerprint density at radius 3 is 2.50 bits per heavy atom. The number of benzene rings is 2. The van der Waals surface area contributed by atoms with Gasteiger partial charge in [-0.1, -0.05) is 35.6 Å². The fourth-order valence-corrected chi connectivity index (χ4v) is 5.11. The summed E-state index contributed by atoms with van der Waals surface area (Å²) in [6.45, 7) is 3.39. The molecule has 2 atom stereocenters. The summed E-state index contributed by atoms with van der Waals surface area (Å²) in [5.41, 5.74) is 2.58. The molecule has 166 valence electrons. The van der Waals surface area contributed by atoms with Gasteiger partial charge in [0.15, 0.2) is 10.2 Å². The molecule has 32 heavy (non-hydrogen) atoms. The van der Waals surface area contributed by atoms with Crippen LogP contribution in [0.25, 0.3) is 10.4 Å². The van der Waals surface area contributed by atoms with E-state index < -0.39 is 15.8 Å². The number of halogens is 2. The predicted molar refractivity (Wildman–Crippen MR) is 122 cm³/mol. The molecule has 0 saturated heterocycles. The van der Waals surface area contributed by atoms with E-state index in [1.54, 1.807) is 44.3 Å². The Balaban J connectivity index is 1.74. The second kappa shape index (κ2) is 8.44. The molecule has 0 radical (unpaired) electrons. The first-order valence-corrected chi connectivity index (χ1v) is 12.4. The van der Waals surface area contributed by atoms with Crippen molar-refractivity contribution in [1.29, 1.82) is 4.78 Å². The Bertz CT molecular complexity index is 1380. The van der Waals surface area contributed by atoms with Gasteiger partial charge in [0.25, 0.3) is 0 Å². The summed E-state index contributed by atoms with van der Waals surface area (Å²) in [6.07, 6.45) is 3.01. The number of imidazole rings is 1. The summed E-state index contributed by atoms with van der Waals surface area (Å²) in [6, 6.07) is 10.3. The number of aromatic nitrogens is 3. The molecule has 0 amide bonds. The van der Waals surface area contributed by atoms with Crippen LogP contribution in [0.4, 0.5) is 13.9 Å². The standard InChI is InChI=1S/C22H21F2N5OS2/c1-12-10-15(6-9-17(12)24)19(20-27-13(2)21(29-20)32(3,25)30)28-22-26-11-18(31-22)14-4-7-16(23)8-5-14/h4-11,19,25H,1-3H3,(H,26,28)(H,27,29). The minimum absolute atomic E-state index is 0.185. The zero-order valence-electron chi connectivity index (χ0n) is 17.6. The maximum atomic E-state index is 13.9. The van der Waals surface area contributed by atoms with E-state index in [9.17, 15) is 13.0 Å². The molecular formula is C22H21F2N5OS2. The van der Waals surface area contributed by atoms with Crippen LogP contribution >= 0.6 is 11.3 Å². The van der Waals surface area contributed by atoms with Crippen molar-refractivity contribution in [2.75, 3.05) is 11.6 Å². The average Bonchev–Trinajstić information content (AvgIpc) is 3.35. The zero-order chi connectivity index (χ0) is 23.0. The van der Waals surface area contributed by atoms with Crippen LogP contribution in [-0.2, 0) is 9.73 Å². The van der Waals surface area contributed by atoms with Gasteiger partial charge in [-0.25, -0.2) is 27.7 Å². The molecule has 0 saturated carbocycles. The summed E-state index contributed by atoms with van der Waals surface area (Å²) in [5.74, 6) is -0.183. The Hall–Kier alpha value is -3.11. The fourth-order valence-electron chi connectivity index (χ4n) is 3.35. The summed E-state index contributed by atoms with van der Waals surface area (Å²) in [7, 11) is -3.03. The third-order valence-electron chi connectivity index (χ3n) is 4.92. The summed E-state index contributed by atoms with van der Waals surface area (Å²) >= 11 is 1.38. The smallest absolute Gasteiger partial charge is 0.184 e. The van der Waals surface area contributed by atoms with Gasteiger partial charge in [-0.3, -0.25) is 0 Å². The van der Waals surface area contributed by atoms with Crippen molar-refractivity contribution >= 4 is 26.2 Å². The highest BCUT2D eigenvalue weighted by atomic mass is 32.2. The summed E-state index contributed by atoms with van der Waals surface area (Å²) in [5, 5.41) is 4.08. The van der Waals surface area contributed by atoms with Crippen LogP contribution in [0.2, 0.25) is 0 Å². The predicted octanol–water partition coefficient (Wildman–Crippen LogP) is 5.67. The van der Waals surface area contributed by atoms with Gasteiger partial charge < -0.3 is 10.3 Å². The molecular weight excluding hydrogens is 452 g/mol. The fraction of sp³-hybridized carbons (Fsp3) is 0.182. The lowest BCUT2D eigenvalue weighted by molar-refractivity contribution is 0.617. The highest BCUT2D eigenvalue weighted by Gasteiger charge is 2.23. The molecule has 0 bridgehead atoms. The second-order valence-corrected chi connectivity index (χ2v) is 10.6. The first-order valence-electron chi connectivity index (χ1n) is 9.66. The van der Waals surface area contributed by atoms with Gasteiger partial charge in [0.05, 0.1) is 14.6 Å². The van der Waals surface area contributed by atoms with E-state index >= 15 is 0 Å². The van der Waals surface area contributed by atoms with Crippen molar-refractivity contribution in [1.82, 2.24) is 15.0 Å². The Morgan fingerprint density at radius 2 is 1.88 bits per heavy atom. The number of nitrogens with zero attached hydrogens (tertiary/aromatic N) is 2. The summed E-state index contributed by atoms with van der Waals surface area (Å²) < 4.78 is 47.3. The monoisotopic (exact) mass is 473 g/mol. The van der Waals surface area contributed by atoms with Gasteiger partial charge >= 0.3 is 0 Å². The molecule has 4 aromatic rings. The Labute approximate surface area is 188 Å². The van der Waals surface area contributed by atoms with Gasteiger partial charge in [0.1, 0.15) is 23.5 Å². The number of hydrogen-bond donors (Lipinski definition) is 3. The van der Waals surface area contributed by atoms with Crippen molar-refractivity contribution < 1.29 is 13.0 Å². The van der Waals surface area contributed by atoms with Crippen molar-refractivity contribution in [3.8, 4) is 10.4 Å². The lowest BCUT2D eigenvalue weighted by Crippen LogP contribution is -2.14. The molecule has 2 aromatic heterocycles. The van der Waals surface area contributed by atoms with E-state index in [1.165, 1.54) is 35.8 Å². The molecule has 0 aliphatic heterocycles. The SMILES string of the molecule is Cc1cc(C(Nc2ncc(-c3ccc(F)cc3)s2)c2nc(S(C)(=N)=O)c(C)[nH]2)ccc1F. The van der Waals surface area contributed by atoms with Gasteiger partial charge in [0, 0.05) is 18.1 Å². The van der Waals surface area contributed by atoms with E-state index in [1.807, 2.05) is 0 Å². The number of rotatable bonds is 6. The summed E-state index contributed by atoms with van der Waals surface area (Å²) in [4.78, 5) is 12.8. The number of thiazole rings is 1. The molecule has 0 spiro atoms. The molecule has 0 fully saturated rings. The average molecular weight is 474 g/mol. The van der Waals surface area contributed by atoms with Crippen molar-refractivity contribution in [3.63, 3.8) is 0 Å². The van der Waals surface area contributed by atoms with Crippen LogP contribution in [0.3, 0.4) is 0 Å². The molecule has 3 N–H and O–H groups in total. The quantitative estimate of drug-likeness (QED) is 0.336. The van der Waals surface area contributed by atoms with Gasteiger partial charge in [-0.2, -0.15) is 0 Å². The second-order valence-electron chi connectivity index (χ2n) is 7.52. The Kier molecular flexibility index (Phi) is 5.83. The highest BCUT2D eigenvalue weighted by Crippen LogP contribution is 2.33. The minimum Gasteiger partial charge on any atom is -0.348 e. The van der Waals surface area contributed by atoms with E-state index in [0.29, 0.717) is 22.2 Å².